The van der Waals surface area contributed by atoms with Crippen molar-refractivity contribution in [1.29, 1.82) is 0 Å². The molecule has 276 valence electrons. The highest BCUT2D eigenvalue weighted by atomic mass is 32.2. The van der Waals surface area contributed by atoms with Crippen LogP contribution in [-0.2, 0) is 67.2 Å². The van der Waals surface area contributed by atoms with Gasteiger partial charge in [0.05, 0.1) is 37.8 Å². The predicted molar refractivity (Wildman–Crippen MR) is 191 cm³/mol. The van der Waals surface area contributed by atoms with E-state index < -0.39 is 48.6 Å². The van der Waals surface area contributed by atoms with Crippen molar-refractivity contribution < 1.29 is 47.4 Å². The predicted octanol–water partition coefficient (Wildman–Crippen LogP) is 6.24. The largest absolute Gasteiger partial charge is 0.368 e. The van der Waals surface area contributed by atoms with Crippen molar-refractivity contribution in [3.8, 4) is 0 Å². The maximum atomic E-state index is 6.82. The van der Waals surface area contributed by atoms with E-state index in [0.29, 0.717) is 32.2 Å². The van der Waals surface area contributed by atoms with Gasteiger partial charge in [-0.05, 0) is 44.4 Å². The summed E-state index contributed by atoms with van der Waals surface area (Å²) in [4.78, 5) is 0. The second kappa shape index (κ2) is 16.3. The van der Waals surface area contributed by atoms with Gasteiger partial charge in [0, 0.05) is 12.9 Å². The van der Waals surface area contributed by atoms with Crippen molar-refractivity contribution in [3.05, 3.63) is 108 Å². The van der Waals surface area contributed by atoms with Crippen molar-refractivity contribution in [3.63, 3.8) is 0 Å². The molecular formula is C40H50O10S. The Balaban J connectivity index is 1.16. The summed E-state index contributed by atoms with van der Waals surface area (Å²) in [6.07, 6.45) is -4.18. The minimum absolute atomic E-state index is 0.130. The zero-order valence-corrected chi connectivity index (χ0v) is 30.8. The molecular weight excluding hydrogens is 672 g/mol. The molecule has 0 spiro atoms. The third-order valence-corrected chi connectivity index (χ3v) is 11.0. The molecule has 0 aliphatic carbocycles. The van der Waals surface area contributed by atoms with Crippen LogP contribution in [0.15, 0.2) is 91.0 Å². The van der Waals surface area contributed by atoms with Crippen molar-refractivity contribution >= 4 is 11.8 Å². The molecule has 4 fully saturated rings. The molecule has 51 heavy (non-hydrogen) atoms. The highest BCUT2D eigenvalue weighted by Gasteiger charge is 2.59. The van der Waals surface area contributed by atoms with Gasteiger partial charge in [0.15, 0.2) is 24.2 Å². The molecule has 4 saturated heterocycles. The van der Waals surface area contributed by atoms with Gasteiger partial charge in [-0.25, -0.2) is 0 Å². The molecule has 4 aliphatic rings. The van der Waals surface area contributed by atoms with E-state index in [2.05, 4.69) is 24.3 Å². The van der Waals surface area contributed by atoms with E-state index in [0.717, 1.165) is 16.7 Å². The summed E-state index contributed by atoms with van der Waals surface area (Å²) in [5.41, 5.74) is 3.14. The standard InChI is InChI=1S/C40H50O10S/c1-39(2)45-24-29(48-39)32-36(35-38(47-32)50-40(3,4)49-35)51-25-30-31(42-21-26-15-9-6-10-16-26)33(43-22-27-17-11-7-12-18-27)34(37(41-5)46-30)44-23-28-19-13-8-14-20-28/h6-20,29-38H,21-25H2,1-5H3/t29-,30?,31-,32-,33?,34?,35-,36+,37+,38-/m1/s1. The summed E-state index contributed by atoms with van der Waals surface area (Å²) >= 11 is 1.71. The molecule has 10 atom stereocenters. The van der Waals surface area contributed by atoms with Gasteiger partial charge in [-0.3, -0.25) is 0 Å². The van der Waals surface area contributed by atoms with Crippen LogP contribution in [0.1, 0.15) is 44.4 Å². The van der Waals surface area contributed by atoms with Gasteiger partial charge < -0.3 is 47.4 Å². The van der Waals surface area contributed by atoms with Gasteiger partial charge in [-0.2, -0.15) is 0 Å². The molecule has 0 amide bonds. The van der Waals surface area contributed by atoms with E-state index >= 15 is 0 Å². The van der Waals surface area contributed by atoms with Gasteiger partial charge in [0.1, 0.15) is 36.6 Å². The first kappa shape index (κ1) is 36.9. The Morgan fingerprint density at radius 3 is 1.71 bits per heavy atom. The third-order valence-electron chi connectivity index (χ3n) is 9.56. The number of hydrogen-bond donors (Lipinski definition) is 0. The lowest BCUT2D eigenvalue weighted by atomic mass is 9.98. The first-order valence-corrected chi connectivity index (χ1v) is 18.8. The topological polar surface area (TPSA) is 92.3 Å². The minimum Gasteiger partial charge on any atom is -0.368 e. The molecule has 10 nitrogen and oxygen atoms in total. The zero-order valence-electron chi connectivity index (χ0n) is 30.0. The summed E-state index contributed by atoms with van der Waals surface area (Å²) in [5.74, 6) is -0.937. The second-order valence-corrected chi connectivity index (χ2v) is 15.5. The van der Waals surface area contributed by atoms with E-state index in [4.69, 9.17) is 47.4 Å². The Labute approximate surface area is 305 Å². The zero-order chi connectivity index (χ0) is 35.4. The van der Waals surface area contributed by atoms with E-state index in [9.17, 15) is 0 Å². The number of rotatable bonds is 14. The first-order chi connectivity index (χ1) is 24.7. The Kier molecular flexibility index (Phi) is 11.8. The van der Waals surface area contributed by atoms with Crippen LogP contribution < -0.4 is 0 Å². The Bertz CT molecular complexity index is 1510. The number of ether oxygens (including phenoxy) is 10. The van der Waals surface area contributed by atoms with E-state index in [1.807, 2.05) is 94.4 Å². The number of methoxy groups -OCH3 is 1. The summed E-state index contributed by atoms with van der Waals surface area (Å²) in [6, 6.07) is 30.3. The molecule has 7 rings (SSSR count). The molecule has 11 heteroatoms. The average molecular weight is 723 g/mol. The van der Waals surface area contributed by atoms with Crippen LogP contribution in [0.5, 0.6) is 0 Å². The van der Waals surface area contributed by atoms with Crippen LogP contribution in [0.2, 0.25) is 0 Å². The first-order valence-electron chi connectivity index (χ1n) is 17.8. The van der Waals surface area contributed by atoms with Crippen LogP contribution >= 0.6 is 11.8 Å². The number of thioether (sulfide) groups is 1. The fourth-order valence-corrected chi connectivity index (χ4v) is 8.63. The van der Waals surface area contributed by atoms with Crippen LogP contribution in [-0.4, -0.2) is 91.6 Å². The molecule has 3 aromatic carbocycles. The fourth-order valence-electron chi connectivity index (χ4n) is 7.15. The number of benzene rings is 3. The van der Waals surface area contributed by atoms with Gasteiger partial charge >= 0.3 is 0 Å². The molecule has 0 saturated carbocycles. The summed E-state index contributed by atoms with van der Waals surface area (Å²) in [6.45, 7) is 9.19. The van der Waals surface area contributed by atoms with Crippen molar-refractivity contribution in [2.45, 2.75) is 120 Å². The quantitative estimate of drug-likeness (QED) is 0.189. The molecule has 0 bridgehead atoms. The SMILES string of the molecule is CO[C@H]1OC(CS[C@@H]2[C@H]3OC(C)(C)O[C@H]3O[C@@H]2[C@H]2COC(C)(C)O2)[C@@H](OCc2ccccc2)C(OCc2ccccc2)C1OCc1ccccc1. The summed E-state index contributed by atoms with van der Waals surface area (Å²) in [7, 11) is 1.64. The smallest absolute Gasteiger partial charge is 0.188 e. The van der Waals surface area contributed by atoms with Crippen LogP contribution in [0.25, 0.3) is 0 Å². The Morgan fingerprint density at radius 2 is 1.18 bits per heavy atom. The normalized spacial score (nSPS) is 34.1. The molecule has 4 aliphatic heterocycles. The average Bonchev–Trinajstić information content (AvgIpc) is 3.77. The maximum absolute atomic E-state index is 6.82. The Hall–Kier alpha value is -2.39. The minimum atomic E-state index is -0.769. The monoisotopic (exact) mass is 722 g/mol. The maximum Gasteiger partial charge on any atom is 0.188 e. The lowest BCUT2D eigenvalue weighted by Gasteiger charge is -2.46. The summed E-state index contributed by atoms with van der Waals surface area (Å²) < 4.78 is 64.4. The lowest BCUT2D eigenvalue weighted by Crippen LogP contribution is -2.61. The van der Waals surface area contributed by atoms with E-state index in [1.54, 1.807) is 18.9 Å². The Morgan fingerprint density at radius 1 is 0.627 bits per heavy atom. The molecule has 4 heterocycles. The van der Waals surface area contributed by atoms with E-state index in [1.165, 1.54) is 0 Å². The number of hydrogen-bond acceptors (Lipinski definition) is 11. The molecule has 0 radical (unpaired) electrons. The van der Waals surface area contributed by atoms with Crippen LogP contribution in [0, 0.1) is 0 Å². The van der Waals surface area contributed by atoms with Crippen molar-refractivity contribution in [2.24, 2.45) is 0 Å². The van der Waals surface area contributed by atoms with Gasteiger partial charge in [0.2, 0.25) is 0 Å². The molecule has 3 aromatic rings. The third kappa shape index (κ3) is 9.05. The van der Waals surface area contributed by atoms with E-state index in [-0.39, 0.29) is 23.6 Å². The molecule has 3 unspecified atom stereocenters. The number of fused-ring (bicyclic) bond motifs is 1. The van der Waals surface area contributed by atoms with Crippen LogP contribution in [0.4, 0.5) is 0 Å². The summed E-state index contributed by atoms with van der Waals surface area (Å²) in [5, 5.41) is -0.130. The van der Waals surface area contributed by atoms with Crippen LogP contribution in [0.3, 0.4) is 0 Å². The van der Waals surface area contributed by atoms with Crippen molar-refractivity contribution in [2.75, 3.05) is 19.5 Å². The second-order valence-electron chi connectivity index (χ2n) is 14.3. The molecule has 0 N–H and O–H groups in total. The lowest BCUT2D eigenvalue weighted by molar-refractivity contribution is -0.313. The highest BCUT2D eigenvalue weighted by molar-refractivity contribution is 8.00. The van der Waals surface area contributed by atoms with Gasteiger partial charge in [-0.1, -0.05) is 91.0 Å². The van der Waals surface area contributed by atoms with Gasteiger partial charge in [0.25, 0.3) is 0 Å². The fraction of sp³-hybridized carbons (Fsp3) is 0.550. The van der Waals surface area contributed by atoms with Gasteiger partial charge in [-0.15, -0.1) is 11.8 Å². The molecule has 0 aromatic heterocycles. The highest BCUT2D eigenvalue weighted by Crippen LogP contribution is 2.46. The van der Waals surface area contributed by atoms with Crippen molar-refractivity contribution in [1.82, 2.24) is 0 Å².